The number of hydrogen-bond acceptors (Lipinski definition) is 6. The number of rotatable bonds is 6. The highest BCUT2D eigenvalue weighted by atomic mass is 79.9. The van der Waals surface area contributed by atoms with Crippen molar-refractivity contribution in [3.8, 4) is 11.5 Å². The Hall–Kier alpha value is -2.12. The number of nitrogens with zero attached hydrogens (tertiary/aromatic N) is 1. The van der Waals surface area contributed by atoms with Crippen molar-refractivity contribution in [2.45, 2.75) is 51.4 Å². The van der Waals surface area contributed by atoms with Gasteiger partial charge in [-0.3, -0.25) is 9.59 Å². The lowest BCUT2D eigenvalue weighted by Gasteiger charge is -2.44. The summed E-state index contributed by atoms with van der Waals surface area (Å²) >= 11 is 3.43. The number of phenols is 1. The van der Waals surface area contributed by atoms with Gasteiger partial charge in [0.1, 0.15) is 0 Å². The summed E-state index contributed by atoms with van der Waals surface area (Å²) in [6.07, 6.45) is 4.22. The molecule has 0 fully saturated rings. The Morgan fingerprint density at radius 2 is 1.68 bits per heavy atom. The van der Waals surface area contributed by atoms with Crippen molar-refractivity contribution in [1.82, 2.24) is 4.90 Å². The number of methoxy groups -OCH3 is 1. The van der Waals surface area contributed by atoms with Gasteiger partial charge in [-0.05, 0) is 66.2 Å². The molecule has 1 aromatic carbocycles. The fraction of sp³-hybridized carbons (Fsp3) is 0.500. The van der Waals surface area contributed by atoms with Crippen molar-refractivity contribution < 1.29 is 24.2 Å². The van der Waals surface area contributed by atoms with Crippen molar-refractivity contribution in [3.05, 3.63) is 44.7 Å². The van der Waals surface area contributed by atoms with Gasteiger partial charge >= 0.3 is 0 Å². The van der Waals surface area contributed by atoms with Crippen LogP contribution >= 0.6 is 15.9 Å². The predicted molar refractivity (Wildman–Crippen MR) is 120 cm³/mol. The normalized spacial score (nSPS) is 19.6. The minimum Gasteiger partial charge on any atom is -0.503 e. The van der Waals surface area contributed by atoms with E-state index >= 15 is 0 Å². The number of phenolic OH excluding ortho intramolecular Hbond substituents is 1. The van der Waals surface area contributed by atoms with Crippen LogP contribution in [0, 0.1) is 0 Å². The number of benzene rings is 1. The van der Waals surface area contributed by atoms with Gasteiger partial charge in [-0.25, -0.2) is 0 Å². The number of hydrogen-bond donors (Lipinski definition) is 1. The molecule has 4 rings (SSSR count). The number of carbonyl (C=O) groups excluding carboxylic acids is 2. The molecule has 166 valence electrons. The predicted octanol–water partition coefficient (Wildman–Crippen LogP) is 4.61. The molecule has 0 aromatic heterocycles. The third kappa shape index (κ3) is 3.94. The lowest BCUT2D eigenvalue weighted by molar-refractivity contribution is -0.117. The third-order valence-electron chi connectivity index (χ3n) is 6.29. The van der Waals surface area contributed by atoms with Gasteiger partial charge in [-0.15, -0.1) is 0 Å². The zero-order valence-electron chi connectivity index (χ0n) is 18.0. The van der Waals surface area contributed by atoms with Crippen LogP contribution in [0.15, 0.2) is 39.1 Å². The first kappa shape index (κ1) is 22.1. The molecule has 1 aromatic rings. The second kappa shape index (κ2) is 9.17. The molecule has 0 radical (unpaired) electrons. The molecule has 7 heteroatoms. The van der Waals surface area contributed by atoms with Gasteiger partial charge < -0.3 is 19.5 Å². The first-order chi connectivity index (χ1) is 15.0. The smallest absolute Gasteiger partial charge is 0.172 e. The molecular weight excluding hydrogens is 462 g/mol. The molecule has 1 heterocycles. The Balaban J connectivity index is 1.94. The Bertz CT molecular complexity index is 936. The average Bonchev–Trinajstić information content (AvgIpc) is 2.75. The van der Waals surface area contributed by atoms with Crippen LogP contribution in [-0.2, 0) is 14.3 Å². The van der Waals surface area contributed by atoms with E-state index in [2.05, 4.69) is 20.8 Å². The van der Waals surface area contributed by atoms with E-state index in [1.807, 2.05) is 13.0 Å². The second-order valence-electron chi connectivity index (χ2n) is 8.13. The largest absolute Gasteiger partial charge is 0.503 e. The lowest BCUT2D eigenvalue weighted by Crippen LogP contribution is -2.40. The number of ether oxygens (including phenoxy) is 2. The Morgan fingerprint density at radius 1 is 1.06 bits per heavy atom. The van der Waals surface area contributed by atoms with Gasteiger partial charge in [-0.2, -0.15) is 0 Å². The number of carbonyl (C=O) groups is 2. The molecule has 0 amide bonds. The van der Waals surface area contributed by atoms with E-state index in [0.29, 0.717) is 42.8 Å². The topological polar surface area (TPSA) is 76.1 Å². The Kier molecular flexibility index (Phi) is 6.53. The number of allylic oxidation sites excluding steroid dienone is 4. The van der Waals surface area contributed by atoms with Gasteiger partial charge in [0.15, 0.2) is 23.1 Å². The van der Waals surface area contributed by atoms with Gasteiger partial charge in [-0.1, -0.05) is 0 Å². The van der Waals surface area contributed by atoms with E-state index in [1.165, 1.54) is 0 Å². The van der Waals surface area contributed by atoms with E-state index in [-0.39, 0.29) is 17.3 Å². The van der Waals surface area contributed by atoms with Crippen LogP contribution in [0.5, 0.6) is 11.5 Å². The summed E-state index contributed by atoms with van der Waals surface area (Å²) in [6.45, 7) is 3.41. The van der Waals surface area contributed by atoms with E-state index in [9.17, 15) is 14.7 Å². The minimum atomic E-state index is -0.430. The molecule has 1 N–H and O–H groups in total. The monoisotopic (exact) mass is 489 g/mol. The summed E-state index contributed by atoms with van der Waals surface area (Å²) in [5.74, 6) is 0.142. The molecular formula is C24H28BrNO5. The summed E-state index contributed by atoms with van der Waals surface area (Å²) in [5.41, 5.74) is 4.28. The molecule has 3 aliphatic rings. The third-order valence-corrected chi connectivity index (χ3v) is 6.89. The van der Waals surface area contributed by atoms with E-state index in [0.717, 1.165) is 53.8 Å². The number of Topliss-reactive ketones (excluding diaryl/α,β-unsaturated/α-hetero) is 2. The van der Waals surface area contributed by atoms with Crippen molar-refractivity contribution >= 4 is 27.5 Å². The van der Waals surface area contributed by atoms with E-state index < -0.39 is 5.92 Å². The van der Waals surface area contributed by atoms with Crippen LogP contribution < -0.4 is 4.74 Å². The molecule has 31 heavy (non-hydrogen) atoms. The zero-order chi connectivity index (χ0) is 22.1. The van der Waals surface area contributed by atoms with Crippen LogP contribution in [0.4, 0.5) is 0 Å². The quantitative estimate of drug-likeness (QED) is 0.628. The first-order valence-electron chi connectivity index (χ1n) is 10.9. The highest BCUT2D eigenvalue weighted by molar-refractivity contribution is 9.10. The highest BCUT2D eigenvalue weighted by Gasteiger charge is 2.43. The van der Waals surface area contributed by atoms with Crippen LogP contribution in [0.25, 0.3) is 0 Å². The number of aromatic hydroxyl groups is 1. The fourth-order valence-electron chi connectivity index (χ4n) is 5.03. The average molecular weight is 490 g/mol. The van der Waals surface area contributed by atoms with Crippen LogP contribution in [-0.4, -0.2) is 48.4 Å². The molecule has 0 bridgehead atoms. The number of halogens is 1. The van der Waals surface area contributed by atoms with Gasteiger partial charge in [0.05, 0.1) is 17.7 Å². The second-order valence-corrected chi connectivity index (χ2v) is 8.99. The maximum Gasteiger partial charge on any atom is 0.172 e. The van der Waals surface area contributed by atoms with E-state index in [1.54, 1.807) is 13.2 Å². The Morgan fingerprint density at radius 3 is 2.23 bits per heavy atom. The molecule has 0 atom stereocenters. The summed E-state index contributed by atoms with van der Waals surface area (Å²) in [5, 5.41) is 10.4. The SMILES string of the molecule is CCOc1cc(C2C3=C(CCCC3=O)N(CCOC)C3=C2C(=O)CCC3)cc(Br)c1O. The molecule has 0 saturated carbocycles. The fourth-order valence-corrected chi connectivity index (χ4v) is 5.49. The van der Waals surface area contributed by atoms with Crippen molar-refractivity contribution in [1.29, 1.82) is 0 Å². The van der Waals surface area contributed by atoms with Crippen molar-refractivity contribution in [2.24, 2.45) is 0 Å². The van der Waals surface area contributed by atoms with Crippen molar-refractivity contribution in [3.63, 3.8) is 0 Å². The molecule has 1 aliphatic heterocycles. The number of ketones is 2. The molecule has 0 spiro atoms. The lowest BCUT2D eigenvalue weighted by atomic mass is 9.71. The summed E-state index contributed by atoms with van der Waals surface area (Å²) in [6, 6.07) is 3.59. The zero-order valence-corrected chi connectivity index (χ0v) is 19.6. The summed E-state index contributed by atoms with van der Waals surface area (Å²) < 4.78 is 11.5. The highest BCUT2D eigenvalue weighted by Crippen LogP contribution is 2.50. The minimum absolute atomic E-state index is 0.0245. The standard InChI is InChI=1S/C24H28BrNO5/c1-3-31-20-13-14(12-15(25)24(20)29)21-22-16(6-4-8-18(22)27)26(10-11-30-2)17-7-5-9-19(28)23(17)21/h12-13,21,29H,3-11H2,1-2H3. The van der Waals surface area contributed by atoms with Gasteiger partial charge in [0, 0.05) is 55.0 Å². The first-order valence-corrected chi connectivity index (χ1v) is 11.7. The molecule has 0 saturated heterocycles. The summed E-state index contributed by atoms with van der Waals surface area (Å²) in [4.78, 5) is 28.6. The molecule has 2 aliphatic carbocycles. The van der Waals surface area contributed by atoms with Crippen LogP contribution in [0.1, 0.15) is 56.9 Å². The molecule has 6 nitrogen and oxygen atoms in total. The maximum atomic E-state index is 13.2. The summed E-state index contributed by atoms with van der Waals surface area (Å²) in [7, 11) is 1.67. The van der Waals surface area contributed by atoms with E-state index in [4.69, 9.17) is 9.47 Å². The van der Waals surface area contributed by atoms with Gasteiger partial charge in [0.25, 0.3) is 0 Å². The van der Waals surface area contributed by atoms with Crippen LogP contribution in [0.2, 0.25) is 0 Å². The maximum absolute atomic E-state index is 13.2. The molecule has 0 unspecified atom stereocenters. The van der Waals surface area contributed by atoms with Crippen molar-refractivity contribution in [2.75, 3.05) is 26.9 Å². The Labute approximate surface area is 191 Å². The van der Waals surface area contributed by atoms with Gasteiger partial charge in [0.2, 0.25) is 0 Å². The van der Waals surface area contributed by atoms with Crippen LogP contribution in [0.3, 0.4) is 0 Å².